The number of rotatable bonds is 4. The van der Waals surface area contributed by atoms with Crippen LogP contribution in [0, 0.1) is 11.3 Å². The lowest BCUT2D eigenvalue weighted by molar-refractivity contribution is -0.123. The van der Waals surface area contributed by atoms with Crippen molar-refractivity contribution in [3.8, 4) is 11.1 Å². The van der Waals surface area contributed by atoms with E-state index in [-0.39, 0.29) is 11.9 Å². The first-order valence-corrected chi connectivity index (χ1v) is 13.5. The van der Waals surface area contributed by atoms with Gasteiger partial charge in [0, 0.05) is 29.4 Å². The predicted octanol–water partition coefficient (Wildman–Crippen LogP) is 5.17. The molecule has 6 rings (SSSR count). The number of H-pyrrole nitrogens is 1. The summed E-state index contributed by atoms with van der Waals surface area (Å²) in [6, 6.07) is 6.72. The molecule has 0 aromatic carbocycles. The molecule has 1 amide bonds. The number of thiophene rings is 1. The zero-order valence-corrected chi connectivity index (χ0v) is 21.5. The van der Waals surface area contributed by atoms with Crippen LogP contribution >= 0.6 is 11.3 Å². The first-order chi connectivity index (χ1) is 17.4. The second kappa shape index (κ2) is 9.06. The summed E-state index contributed by atoms with van der Waals surface area (Å²) in [6.45, 7) is 5.74. The lowest BCUT2D eigenvalue weighted by Gasteiger charge is -2.33. The number of aromatic amines is 1. The predicted molar refractivity (Wildman–Crippen MR) is 142 cm³/mol. The highest BCUT2D eigenvalue weighted by Gasteiger charge is 2.42. The van der Waals surface area contributed by atoms with E-state index in [0.29, 0.717) is 17.9 Å². The zero-order valence-electron chi connectivity index (χ0n) is 20.7. The van der Waals surface area contributed by atoms with Crippen molar-refractivity contribution in [2.75, 3.05) is 5.32 Å². The van der Waals surface area contributed by atoms with Crippen molar-refractivity contribution in [1.82, 2.24) is 30.8 Å². The molecule has 5 heterocycles. The van der Waals surface area contributed by atoms with E-state index in [4.69, 9.17) is 4.98 Å². The number of carbonyl (C=O) groups excluding carboxylic acids is 1. The number of nitrogens with zero attached hydrogens (tertiary/aromatic N) is 3. The smallest absolute Gasteiger partial charge is 0.229 e. The van der Waals surface area contributed by atoms with E-state index < -0.39 is 5.41 Å². The third-order valence-corrected chi connectivity index (χ3v) is 8.14. The number of imidazole rings is 1. The SMILES string of the molecule is CC(C)(C)C(=O)Nc1cncc(C2CCC3NNC(c4nc5nccc(-c6ccsc6)c5[nH]4)C3C2)c1. The van der Waals surface area contributed by atoms with E-state index >= 15 is 0 Å². The van der Waals surface area contributed by atoms with Crippen LogP contribution in [-0.2, 0) is 4.79 Å². The lowest BCUT2D eigenvalue weighted by Crippen LogP contribution is -2.34. The second-order valence-corrected chi connectivity index (χ2v) is 11.7. The van der Waals surface area contributed by atoms with Gasteiger partial charge in [0.05, 0.1) is 23.4 Å². The van der Waals surface area contributed by atoms with Crippen LogP contribution < -0.4 is 16.2 Å². The monoisotopic (exact) mass is 501 g/mol. The van der Waals surface area contributed by atoms with Crippen molar-refractivity contribution in [3.05, 3.63) is 58.9 Å². The molecule has 1 saturated heterocycles. The molecule has 2 fully saturated rings. The number of hydrogen-bond acceptors (Lipinski definition) is 7. The summed E-state index contributed by atoms with van der Waals surface area (Å²) in [5, 5.41) is 7.27. The molecule has 9 heteroatoms. The highest BCUT2D eigenvalue weighted by molar-refractivity contribution is 7.08. The minimum atomic E-state index is -0.451. The van der Waals surface area contributed by atoms with Crippen LogP contribution in [0.2, 0.25) is 0 Å². The number of fused-ring (bicyclic) bond motifs is 2. The summed E-state index contributed by atoms with van der Waals surface area (Å²) in [6.07, 6.45) is 8.65. The van der Waals surface area contributed by atoms with E-state index in [1.54, 1.807) is 17.5 Å². The van der Waals surface area contributed by atoms with Crippen molar-refractivity contribution in [3.63, 3.8) is 0 Å². The van der Waals surface area contributed by atoms with Gasteiger partial charge in [-0.3, -0.25) is 15.2 Å². The first-order valence-electron chi connectivity index (χ1n) is 12.5. The number of carbonyl (C=O) groups is 1. The van der Waals surface area contributed by atoms with Crippen molar-refractivity contribution >= 4 is 34.1 Å². The van der Waals surface area contributed by atoms with Crippen LogP contribution in [0.25, 0.3) is 22.3 Å². The van der Waals surface area contributed by atoms with Crippen molar-refractivity contribution in [2.24, 2.45) is 11.3 Å². The molecule has 8 nitrogen and oxygen atoms in total. The Kier molecular flexibility index (Phi) is 5.86. The summed E-state index contributed by atoms with van der Waals surface area (Å²) in [5.74, 6) is 1.67. The van der Waals surface area contributed by atoms with Crippen LogP contribution in [-0.4, -0.2) is 31.9 Å². The largest absolute Gasteiger partial charge is 0.339 e. The molecule has 0 spiro atoms. The minimum Gasteiger partial charge on any atom is -0.339 e. The minimum absolute atomic E-state index is 0.00488. The first kappa shape index (κ1) is 23.3. The van der Waals surface area contributed by atoms with Gasteiger partial charge in [0.15, 0.2) is 5.65 Å². The van der Waals surface area contributed by atoms with Crippen molar-refractivity contribution in [1.29, 1.82) is 0 Å². The van der Waals surface area contributed by atoms with E-state index in [1.807, 2.05) is 39.2 Å². The maximum atomic E-state index is 12.5. The molecule has 186 valence electrons. The molecule has 4 N–H and O–H groups in total. The fourth-order valence-corrected chi connectivity index (χ4v) is 6.09. The number of hydrazine groups is 1. The fraction of sp³-hybridized carbons (Fsp3) is 0.407. The van der Waals surface area contributed by atoms with Gasteiger partial charge in [-0.1, -0.05) is 20.8 Å². The molecule has 0 bridgehead atoms. The summed E-state index contributed by atoms with van der Waals surface area (Å²) >= 11 is 1.69. The fourth-order valence-electron chi connectivity index (χ4n) is 5.43. The van der Waals surface area contributed by atoms with Gasteiger partial charge in [-0.25, -0.2) is 15.4 Å². The van der Waals surface area contributed by atoms with Crippen LogP contribution in [0.3, 0.4) is 0 Å². The van der Waals surface area contributed by atoms with Crippen molar-refractivity contribution in [2.45, 2.75) is 58.0 Å². The Labute approximate surface area is 214 Å². The van der Waals surface area contributed by atoms with Gasteiger partial charge in [0.2, 0.25) is 5.91 Å². The number of nitrogens with one attached hydrogen (secondary N) is 4. The van der Waals surface area contributed by atoms with Crippen molar-refractivity contribution < 1.29 is 4.79 Å². The average Bonchev–Trinajstić information content (AvgIpc) is 3.62. The molecule has 1 saturated carbocycles. The Morgan fingerprint density at radius 2 is 2.06 bits per heavy atom. The van der Waals surface area contributed by atoms with E-state index in [0.717, 1.165) is 47.5 Å². The average molecular weight is 502 g/mol. The number of aromatic nitrogens is 4. The van der Waals surface area contributed by atoms with E-state index in [9.17, 15) is 4.79 Å². The molecule has 2 aliphatic rings. The topological polar surface area (TPSA) is 108 Å². The van der Waals surface area contributed by atoms with Gasteiger partial charge in [0.25, 0.3) is 0 Å². The highest BCUT2D eigenvalue weighted by Crippen LogP contribution is 2.44. The Morgan fingerprint density at radius 3 is 2.86 bits per heavy atom. The van der Waals surface area contributed by atoms with Gasteiger partial charge < -0.3 is 10.3 Å². The van der Waals surface area contributed by atoms with Gasteiger partial charge in [-0.05, 0) is 71.2 Å². The van der Waals surface area contributed by atoms with Gasteiger partial charge in [0.1, 0.15) is 5.82 Å². The summed E-state index contributed by atoms with van der Waals surface area (Å²) in [5.41, 5.74) is 12.6. The third-order valence-electron chi connectivity index (χ3n) is 7.46. The van der Waals surface area contributed by atoms with E-state index in [1.165, 1.54) is 11.1 Å². The number of anilines is 1. The Morgan fingerprint density at radius 1 is 1.17 bits per heavy atom. The maximum absolute atomic E-state index is 12.5. The zero-order chi connectivity index (χ0) is 24.9. The molecule has 1 aliphatic carbocycles. The number of pyridine rings is 2. The molecule has 4 atom stereocenters. The van der Waals surface area contributed by atoms with E-state index in [2.05, 4.69) is 54.0 Å². The molecule has 4 aromatic heterocycles. The lowest BCUT2D eigenvalue weighted by atomic mass is 9.73. The summed E-state index contributed by atoms with van der Waals surface area (Å²) in [7, 11) is 0. The quantitative estimate of drug-likeness (QED) is 0.307. The van der Waals surface area contributed by atoms with Crippen LogP contribution in [0.15, 0.2) is 47.5 Å². The Balaban J connectivity index is 1.24. The molecule has 1 aliphatic heterocycles. The van der Waals surface area contributed by atoms with Gasteiger partial charge in [-0.15, -0.1) is 0 Å². The third kappa shape index (κ3) is 4.31. The normalized spacial score (nSPS) is 24.1. The Bertz CT molecular complexity index is 1390. The van der Waals surface area contributed by atoms with Crippen LogP contribution in [0.4, 0.5) is 5.69 Å². The molecule has 4 aromatic rings. The number of hydrogen-bond donors (Lipinski definition) is 4. The Hall–Kier alpha value is -3.14. The molecular formula is C27H31N7OS. The number of amides is 1. The molecule has 36 heavy (non-hydrogen) atoms. The summed E-state index contributed by atoms with van der Waals surface area (Å²) in [4.78, 5) is 29.9. The standard InChI is InChI=1S/C27H31N7OS/c1-27(2,3)26(35)30-18-10-17(12-28-13-18)15-4-5-21-20(11-15)23(34-33-21)25-31-22-19(16-7-9-36-14-16)6-8-29-24(22)32-25/h6-10,12-15,20-21,23,33-34H,4-5,11H2,1-3H3,(H,30,35)(H,29,31,32). The van der Waals surface area contributed by atoms with Gasteiger partial charge in [-0.2, -0.15) is 11.3 Å². The molecule has 0 radical (unpaired) electrons. The molecule has 4 unspecified atom stereocenters. The summed E-state index contributed by atoms with van der Waals surface area (Å²) < 4.78 is 0. The van der Waals surface area contributed by atoms with Gasteiger partial charge >= 0.3 is 0 Å². The maximum Gasteiger partial charge on any atom is 0.229 e. The molecular weight excluding hydrogens is 470 g/mol. The van der Waals surface area contributed by atoms with Crippen LogP contribution in [0.5, 0.6) is 0 Å². The van der Waals surface area contributed by atoms with Crippen LogP contribution in [0.1, 0.15) is 63.4 Å². The highest BCUT2D eigenvalue weighted by atomic mass is 32.1. The second-order valence-electron chi connectivity index (χ2n) is 10.9.